The van der Waals surface area contributed by atoms with Crippen LogP contribution in [0.25, 0.3) is 10.9 Å². The number of nitrogens with one attached hydrogen (secondary N) is 2. The molecule has 84 valence electrons. The smallest absolute Gasteiger partial charge is 0.0824 e. The fourth-order valence-electron chi connectivity index (χ4n) is 2.51. The topological polar surface area (TPSA) is 48.0 Å². The van der Waals surface area contributed by atoms with E-state index >= 15 is 0 Å². The second-order valence-electron chi connectivity index (χ2n) is 4.69. The van der Waals surface area contributed by atoms with Crippen LogP contribution < -0.4 is 5.32 Å². The summed E-state index contributed by atoms with van der Waals surface area (Å²) in [5, 5.41) is 14.8. The molecule has 0 amide bonds. The normalized spacial score (nSPS) is 25.3. The monoisotopic (exact) mass is 216 g/mol. The zero-order valence-electron chi connectivity index (χ0n) is 9.16. The summed E-state index contributed by atoms with van der Waals surface area (Å²) in [5.74, 6) is 0. The molecule has 0 aliphatic carbocycles. The Morgan fingerprint density at radius 3 is 3.00 bits per heavy atom. The average molecular weight is 216 g/mol. The summed E-state index contributed by atoms with van der Waals surface area (Å²) in [4.78, 5) is 3.25. The van der Waals surface area contributed by atoms with Crippen molar-refractivity contribution in [2.45, 2.75) is 18.4 Å². The van der Waals surface area contributed by atoms with E-state index in [1.807, 2.05) is 18.3 Å². The van der Waals surface area contributed by atoms with Crippen LogP contribution in [0.4, 0.5) is 0 Å². The molecular formula is C13H16N2O. The van der Waals surface area contributed by atoms with Crippen molar-refractivity contribution in [3.05, 3.63) is 36.0 Å². The molecule has 3 rings (SSSR count). The maximum atomic E-state index is 10.3. The lowest BCUT2D eigenvalue weighted by Crippen LogP contribution is -2.33. The number of aromatic amines is 1. The molecule has 16 heavy (non-hydrogen) atoms. The second-order valence-corrected chi connectivity index (χ2v) is 4.69. The molecule has 3 heteroatoms. The zero-order valence-corrected chi connectivity index (χ0v) is 9.16. The third-order valence-corrected chi connectivity index (χ3v) is 3.42. The average Bonchev–Trinajstić information content (AvgIpc) is 2.87. The van der Waals surface area contributed by atoms with E-state index in [1.165, 1.54) is 10.9 Å². The number of hydrogen-bond donors (Lipinski definition) is 3. The van der Waals surface area contributed by atoms with E-state index in [9.17, 15) is 5.11 Å². The lowest BCUT2D eigenvalue weighted by molar-refractivity contribution is 0.0622. The van der Waals surface area contributed by atoms with Crippen LogP contribution in [0.3, 0.4) is 0 Å². The second kappa shape index (κ2) is 3.61. The van der Waals surface area contributed by atoms with Crippen molar-refractivity contribution < 1.29 is 5.11 Å². The summed E-state index contributed by atoms with van der Waals surface area (Å²) in [5.41, 5.74) is 1.79. The Morgan fingerprint density at radius 2 is 2.19 bits per heavy atom. The van der Waals surface area contributed by atoms with Gasteiger partial charge in [0, 0.05) is 30.1 Å². The van der Waals surface area contributed by atoms with Gasteiger partial charge in [-0.05, 0) is 24.6 Å². The van der Waals surface area contributed by atoms with E-state index in [4.69, 9.17) is 0 Å². The largest absolute Gasteiger partial charge is 0.388 e. The number of rotatable bonds is 2. The fraction of sp³-hybridized carbons (Fsp3) is 0.385. The predicted molar refractivity (Wildman–Crippen MR) is 64.4 cm³/mol. The highest BCUT2D eigenvalue weighted by atomic mass is 16.3. The van der Waals surface area contributed by atoms with Crippen LogP contribution in [-0.2, 0) is 6.42 Å². The molecule has 1 atom stereocenters. The number of hydrogen-bond acceptors (Lipinski definition) is 2. The van der Waals surface area contributed by atoms with Gasteiger partial charge in [0.2, 0.25) is 0 Å². The minimum atomic E-state index is -0.565. The molecule has 1 saturated heterocycles. The minimum absolute atomic E-state index is 0.565. The van der Waals surface area contributed by atoms with Crippen molar-refractivity contribution in [1.82, 2.24) is 10.3 Å². The van der Waals surface area contributed by atoms with Gasteiger partial charge in [-0.25, -0.2) is 0 Å². The maximum absolute atomic E-state index is 10.3. The Morgan fingerprint density at radius 1 is 1.31 bits per heavy atom. The molecule has 1 unspecified atom stereocenters. The van der Waals surface area contributed by atoms with Gasteiger partial charge < -0.3 is 15.4 Å². The van der Waals surface area contributed by atoms with Crippen molar-refractivity contribution in [2.75, 3.05) is 13.1 Å². The Bertz CT molecular complexity index is 497. The Hall–Kier alpha value is -1.32. The Labute approximate surface area is 94.5 Å². The molecule has 1 aliphatic rings. The molecule has 1 aromatic carbocycles. The minimum Gasteiger partial charge on any atom is -0.388 e. The summed E-state index contributed by atoms with van der Waals surface area (Å²) in [6, 6.07) is 8.23. The van der Waals surface area contributed by atoms with E-state index in [0.29, 0.717) is 6.54 Å². The quantitative estimate of drug-likeness (QED) is 0.711. The Balaban J connectivity index is 1.94. The number of aromatic nitrogens is 1. The molecule has 0 bridgehead atoms. The number of β-amino-alcohol motifs (C(OH)–C–C–N with tert-alkyl or cyclic N) is 1. The van der Waals surface area contributed by atoms with E-state index in [-0.39, 0.29) is 0 Å². The summed E-state index contributed by atoms with van der Waals surface area (Å²) >= 11 is 0. The molecule has 2 aromatic rings. The number of fused-ring (bicyclic) bond motifs is 1. The van der Waals surface area contributed by atoms with Crippen LogP contribution in [0.1, 0.15) is 12.0 Å². The number of aliphatic hydroxyl groups is 1. The summed E-state index contributed by atoms with van der Waals surface area (Å²) in [7, 11) is 0. The highest BCUT2D eigenvalue weighted by Gasteiger charge is 2.31. The van der Waals surface area contributed by atoms with Crippen LogP contribution in [0, 0.1) is 0 Å². The van der Waals surface area contributed by atoms with E-state index in [0.717, 1.165) is 24.9 Å². The van der Waals surface area contributed by atoms with Crippen LogP contribution in [0.15, 0.2) is 30.5 Å². The molecule has 2 heterocycles. The lowest BCUT2D eigenvalue weighted by atomic mass is 9.93. The highest BCUT2D eigenvalue weighted by molar-refractivity contribution is 5.83. The third-order valence-electron chi connectivity index (χ3n) is 3.42. The van der Waals surface area contributed by atoms with Crippen LogP contribution in [0.5, 0.6) is 0 Å². The van der Waals surface area contributed by atoms with Gasteiger partial charge in [0.15, 0.2) is 0 Å². The highest BCUT2D eigenvalue weighted by Crippen LogP contribution is 2.25. The van der Waals surface area contributed by atoms with Gasteiger partial charge >= 0.3 is 0 Å². The van der Waals surface area contributed by atoms with Gasteiger partial charge in [-0.1, -0.05) is 18.2 Å². The first kappa shape index (κ1) is 9.87. The summed E-state index contributed by atoms with van der Waals surface area (Å²) < 4.78 is 0. The van der Waals surface area contributed by atoms with Gasteiger partial charge in [-0.2, -0.15) is 0 Å². The number of para-hydroxylation sites is 1. The van der Waals surface area contributed by atoms with Gasteiger partial charge in [0.1, 0.15) is 0 Å². The molecule has 3 nitrogen and oxygen atoms in total. The fourth-order valence-corrected chi connectivity index (χ4v) is 2.51. The van der Waals surface area contributed by atoms with Crippen molar-refractivity contribution in [3.8, 4) is 0 Å². The Kier molecular flexibility index (Phi) is 2.23. The molecule has 1 fully saturated rings. The first-order valence-electron chi connectivity index (χ1n) is 5.75. The van der Waals surface area contributed by atoms with Crippen molar-refractivity contribution in [3.63, 3.8) is 0 Å². The van der Waals surface area contributed by atoms with Crippen molar-refractivity contribution in [1.29, 1.82) is 0 Å². The molecule has 0 spiro atoms. The summed E-state index contributed by atoms with van der Waals surface area (Å²) in [6.45, 7) is 1.62. The van der Waals surface area contributed by atoms with Gasteiger partial charge in [-0.3, -0.25) is 0 Å². The standard InChI is InChI=1S/C13H16N2O/c16-13(5-6-14-9-13)7-10-8-15-12-4-2-1-3-11(10)12/h1-4,8,14-16H,5-7,9H2. The van der Waals surface area contributed by atoms with Gasteiger partial charge in [0.05, 0.1) is 5.60 Å². The molecule has 3 N–H and O–H groups in total. The first-order valence-corrected chi connectivity index (χ1v) is 5.75. The SMILES string of the molecule is OC1(Cc2c[nH]c3ccccc23)CCNC1. The number of H-pyrrole nitrogens is 1. The van der Waals surface area contributed by atoms with E-state index in [1.54, 1.807) is 0 Å². The molecule has 1 aromatic heterocycles. The zero-order chi connectivity index (χ0) is 11.0. The molecular weight excluding hydrogens is 200 g/mol. The maximum Gasteiger partial charge on any atom is 0.0824 e. The third kappa shape index (κ3) is 1.62. The first-order chi connectivity index (χ1) is 7.77. The van der Waals surface area contributed by atoms with Crippen LogP contribution >= 0.6 is 0 Å². The van der Waals surface area contributed by atoms with Gasteiger partial charge in [-0.15, -0.1) is 0 Å². The van der Waals surface area contributed by atoms with Crippen molar-refractivity contribution >= 4 is 10.9 Å². The predicted octanol–water partition coefficient (Wildman–Crippen LogP) is 1.43. The van der Waals surface area contributed by atoms with E-state index < -0.39 is 5.60 Å². The van der Waals surface area contributed by atoms with Crippen LogP contribution in [0.2, 0.25) is 0 Å². The molecule has 0 saturated carbocycles. The number of benzene rings is 1. The van der Waals surface area contributed by atoms with Crippen molar-refractivity contribution in [2.24, 2.45) is 0 Å². The van der Waals surface area contributed by atoms with Crippen LogP contribution in [-0.4, -0.2) is 28.8 Å². The van der Waals surface area contributed by atoms with E-state index in [2.05, 4.69) is 22.4 Å². The summed E-state index contributed by atoms with van der Waals surface area (Å²) in [6.07, 6.45) is 3.58. The van der Waals surface area contributed by atoms with Gasteiger partial charge in [0.25, 0.3) is 0 Å². The molecule has 0 radical (unpaired) electrons. The lowest BCUT2D eigenvalue weighted by Gasteiger charge is -2.20. The molecule has 1 aliphatic heterocycles.